The average Bonchev–Trinajstić information content (AvgIpc) is 2.25. The van der Waals surface area contributed by atoms with E-state index >= 15 is 0 Å². The third kappa shape index (κ3) is 2.69. The molecule has 2 rings (SSSR count). The van der Waals surface area contributed by atoms with Gasteiger partial charge < -0.3 is 10.1 Å². The lowest BCUT2D eigenvalue weighted by Gasteiger charge is -2.24. The van der Waals surface area contributed by atoms with E-state index in [1.165, 1.54) is 6.07 Å². The molecule has 1 aromatic carbocycles. The number of ether oxygens (including phenoxy) is 1. The number of aryl methyl sites for hydroxylation is 1. The molecule has 1 aliphatic rings. The highest BCUT2D eigenvalue weighted by Crippen LogP contribution is 2.19. The summed E-state index contributed by atoms with van der Waals surface area (Å²) in [4.78, 5) is 0. The van der Waals surface area contributed by atoms with Crippen molar-refractivity contribution in [1.29, 1.82) is 0 Å². The topological polar surface area (TPSA) is 21.3 Å². The van der Waals surface area contributed by atoms with Crippen molar-refractivity contribution in [3.05, 3.63) is 29.6 Å². The Morgan fingerprint density at radius 3 is 3.07 bits per heavy atom. The van der Waals surface area contributed by atoms with E-state index in [2.05, 4.69) is 5.32 Å². The number of halogens is 1. The first kappa shape index (κ1) is 10.4. The molecule has 0 saturated carbocycles. The monoisotopic (exact) mass is 209 g/mol. The summed E-state index contributed by atoms with van der Waals surface area (Å²) in [5.74, 6) is -0.195. The van der Waals surface area contributed by atoms with E-state index in [0.29, 0.717) is 6.04 Å². The quantitative estimate of drug-likeness (QED) is 0.808. The molecular formula is C12H16FNO. The van der Waals surface area contributed by atoms with E-state index < -0.39 is 0 Å². The van der Waals surface area contributed by atoms with Gasteiger partial charge in [-0.1, -0.05) is 6.07 Å². The Kier molecular flexibility index (Phi) is 3.21. The van der Waals surface area contributed by atoms with Crippen LogP contribution in [0.15, 0.2) is 18.2 Å². The summed E-state index contributed by atoms with van der Waals surface area (Å²) in [5.41, 5.74) is 1.95. The SMILES string of the molecule is Cc1ccc(F)cc1NC1CCCOC1. The highest BCUT2D eigenvalue weighted by molar-refractivity contribution is 5.51. The van der Waals surface area contributed by atoms with Crippen LogP contribution in [-0.4, -0.2) is 19.3 Å². The number of anilines is 1. The van der Waals surface area contributed by atoms with Crippen LogP contribution in [0.25, 0.3) is 0 Å². The zero-order valence-corrected chi connectivity index (χ0v) is 8.92. The molecule has 1 heterocycles. The maximum Gasteiger partial charge on any atom is 0.125 e. The minimum atomic E-state index is -0.195. The van der Waals surface area contributed by atoms with E-state index in [0.717, 1.165) is 37.3 Å². The van der Waals surface area contributed by atoms with Crippen LogP contribution in [0.4, 0.5) is 10.1 Å². The zero-order chi connectivity index (χ0) is 10.7. The van der Waals surface area contributed by atoms with Gasteiger partial charge in [-0.3, -0.25) is 0 Å². The van der Waals surface area contributed by atoms with Crippen molar-refractivity contribution in [2.45, 2.75) is 25.8 Å². The Labute approximate surface area is 89.4 Å². The molecule has 0 aliphatic carbocycles. The van der Waals surface area contributed by atoms with Crippen molar-refractivity contribution in [3.63, 3.8) is 0 Å². The van der Waals surface area contributed by atoms with Crippen molar-refractivity contribution in [3.8, 4) is 0 Å². The van der Waals surface area contributed by atoms with Gasteiger partial charge in [-0.2, -0.15) is 0 Å². The molecular weight excluding hydrogens is 193 g/mol. The second-order valence-electron chi connectivity index (χ2n) is 4.02. The van der Waals surface area contributed by atoms with Crippen LogP contribution in [0.3, 0.4) is 0 Å². The largest absolute Gasteiger partial charge is 0.380 e. The predicted molar refractivity (Wildman–Crippen MR) is 58.6 cm³/mol. The van der Waals surface area contributed by atoms with E-state index in [-0.39, 0.29) is 5.82 Å². The summed E-state index contributed by atoms with van der Waals surface area (Å²) in [7, 11) is 0. The highest BCUT2D eigenvalue weighted by Gasteiger charge is 2.14. The molecule has 15 heavy (non-hydrogen) atoms. The summed E-state index contributed by atoms with van der Waals surface area (Å²) in [6, 6.07) is 5.14. The van der Waals surface area contributed by atoms with Gasteiger partial charge in [-0.25, -0.2) is 4.39 Å². The van der Waals surface area contributed by atoms with Gasteiger partial charge in [0.05, 0.1) is 6.61 Å². The first-order chi connectivity index (χ1) is 7.25. The van der Waals surface area contributed by atoms with Crippen LogP contribution in [-0.2, 0) is 4.74 Å². The lowest BCUT2D eigenvalue weighted by Crippen LogP contribution is -2.30. The Morgan fingerprint density at radius 1 is 1.47 bits per heavy atom. The fourth-order valence-electron chi connectivity index (χ4n) is 1.82. The van der Waals surface area contributed by atoms with Crippen LogP contribution in [0, 0.1) is 12.7 Å². The summed E-state index contributed by atoms with van der Waals surface area (Å²) >= 11 is 0. The normalized spacial score (nSPS) is 21.3. The summed E-state index contributed by atoms with van der Waals surface area (Å²) in [5, 5.41) is 3.32. The minimum absolute atomic E-state index is 0.195. The minimum Gasteiger partial charge on any atom is -0.380 e. The molecule has 1 unspecified atom stereocenters. The highest BCUT2D eigenvalue weighted by atomic mass is 19.1. The summed E-state index contributed by atoms with van der Waals surface area (Å²) in [6.07, 6.45) is 2.17. The lowest BCUT2D eigenvalue weighted by molar-refractivity contribution is 0.0876. The lowest BCUT2D eigenvalue weighted by atomic mass is 10.1. The van der Waals surface area contributed by atoms with Crippen molar-refractivity contribution < 1.29 is 9.13 Å². The van der Waals surface area contributed by atoms with E-state index in [1.807, 2.05) is 6.92 Å². The van der Waals surface area contributed by atoms with E-state index in [1.54, 1.807) is 12.1 Å². The van der Waals surface area contributed by atoms with Crippen LogP contribution >= 0.6 is 0 Å². The van der Waals surface area contributed by atoms with Crippen molar-refractivity contribution in [2.24, 2.45) is 0 Å². The zero-order valence-electron chi connectivity index (χ0n) is 8.92. The molecule has 1 fully saturated rings. The standard InChI is InChI=1S/C12H16FNO/c1-9-4-5-10(13)7-12(9)14-11-3-2-6-15-8-11/h4-5,7,11,14H,2-3,6,8H2,1H3. The predicted octanol–water partition coefficient (Wildman–Crippen LogP) is 2.73. The van der Waals surface area contributed by atoms with Crippen LogP contribution in [0.1, 0.15) is 18.4 Å². The smallest absolute Gasteiger partial charge is 0.125 e. The molecule has 1 atom stereocenters. The maximum atomic E-state index is 13.0. The first-order valence-electron chi connectivity index (χ1n) is 5.36. The number of hydrogen-bond donors (Lipinski definition) is 1. The fourth-order valence-corrected chi connectivity index (χ4v) is 1.82. The van der Waals surface area contributed by atoms with Crippen LogP contribution in [0.5, 0.6) is 0 Å². The molecule has 2 nitrogen and oxygen atoms in total. The number of rotatable bonds is 2. The van der Waals surface area contributed by atoms with Crippen molar-refractivity contribution in [2.75, 3.05) is 18.5 Å². The van der Waals surface area contributed by atoms with Gasteiger partial charge in [-0.05, 0) is 37.5 Å². The summed E-state index contributed by atoms with van der Waals surface area (Å²) in [6.45, 7) is 3.54. The molecule has 0 spiro atoms. The third-order valence-electron chi connectivity index (χ3n) is 2.72. The van der Waals surface area contributed by atoms with E-state index in [4.69, 9.17) is 4.74 Å². The Morgan fingerprint density at radius 2 is 2.33 bits per heavy atom. The second-order valence-corrected chi connectivity index (χ2v) is 4.02. The average molecular weight is 209 g/mol. The molecule has 1 N–H and O–H groups in total. The molecule has 3 heteroatoms. The molecule has 0 aromatic heterocycles. The van der Waals surface area contributed by atoms with Gasteiger partial charge in [0.2, 0.25) is 0 Å². The summed E-state index contributed by atoms with van der Waals surface area (Å²) < 4.78 is 18.4. The van der Waals surface area contributed by atoms with Crippen molar-refractivity contribution in [1.82, 2.24) is 0 Å². The van der Waals surface area contributed by atoms with Gasteiger partial charge in [0.25, 0.3) is 0 Å². The molecule has 1 saturated heterocycles. The molecule has 1 aromatic rings. The van der Waals surface area contributed by atoms with Crippen molar-refractivity contribution >= 4 is 5.69 Å². The number of nitrogens with one attached hydrogen (secondary N) is 1. The van der Waals surface area contributed by atoms with Gasteiger partial charge in [0, 0.05) is 18.3 Å². The van der Waals surface area contributed by atoms with E-state index in [9.17, 15) is 4.39 Å². The van der Waals surface area contributed by atoms with Gasteiger partial charge in [0.15, 0.2) is 0 Å². The van der Waals surface area contributed by atoms with Gasteiger partial charge in [0.1, 0.15) is 5.82 Å². The molecule has 0 bridgehead atoms. The maximum absolute atomic E-state index is 13.0. The molecule has 0 radical (unpaired) electrons. The van der Waals surface area contributed by atoms with Crippen LogP contribution < -0.4 is 5.32 Å². The molecule has 0 amide bonds. The molecule has 82 valence electrons. The second kappa shape index (κ2) is 4.62. The Balaban J connectivity index is 2.05. The first-order valence-corrected chi connectivity index (χ1v) is 5.36. The number of benzene rings is 1. The Hall–Kier alpha value is -1.09. The fraction of sp³-hybridized carbons (Fsp3) is 0.500. The van der Waals surface area contributed by atoms with Crippen LogP contribution in [0.2, 0.25) is 0 Å². The Bertz CT molecular complexity index is 334. The van der Waals surface area contributed by atoms with Gasteiger partial charge >= 0.3 is 0 Å². The molecule has 1 aliphatic heterocycles. The third-order valence-corrected chi connectivity index (χ3v) is 2.72. The van der Waals surface area contributed by atoms with Gasteiger partial charge in [-0.15, -0.1) is 0 Å². The number of hydrogen-bond acceptors (Lipinski definition) is 2.